The van der Waals surface area contributed by atoms with Gasteiger partial charge in [-0.3, -0.25) is 4.79 Å². The van der Waals surface area contributed by atoms with E-state index in [2.05, 4.69) is 5.10 Å². The van der Waals surface area contributed by atoms with Gasteiger partial charge in [0.1, 0.15) is 0 Å². The number of phenolic OH excluding ortho intramolecular Hbond substituents is 2. The summed E-state index contributed by atoms with van der Waals surface area (Å²) in [6.45, 7) is 5.57. The molecule has 0 saturated carbocycles. The summed E-state index contributed by atoms with van der Waals surface area (Å²) >= 11 is 0. The Labute approximate surface area is 98.6 Å². The van der Waals surface area contributed by atoms with Gasteiger partial charge in [0, 0.05) is 6.21 Å². The van der Waals surface area contributed by atoms with Crippen molar-refractivity contribution in [2.75, 3.05) is 0 Å². The fraction of sp³-hybridized carbons (Fsp3) is 0.273. The summed E-state index contributed by atoms with van der Waals surface area (Å²) in [5.74, 6) is -3.56. The molecule has 5 nitrogen and oxygen atoms in total. The van der Waals surface area contributed by atoms with Crippen LogP contribution in [0.3, 0.4) is 0 Å². The van der Waals surface area contributed by atoms with Crippen molar-refractivity contribution in [3.8, 4) is 11.5 Å². The topological polar surface area (TPSA) is 81.9 Å². The monoisotopic (exact) mass is 242 g/mol. The molecule has 0 bridgehead atoms. The summed E-state index contributed by atoms with van der Waals surface area (Å²) in [7, 11) is 0. The van der Waals surface area contributed by atoms with Crippen LogP contribution in [0.2, 0.25) is 0 Å². The second kappa shape index (κ2) is 7.21. The molecule has 1 aromatic rings. The Morgan fingerprint density at radius 3 is 2.53 bits per heavy atom. The van der Waals surface area contributed by atoms with E-state index in [1.807, 2.05) is 19.3 Å². The lowest BCUT2D eigenvalue weighted by Crippen LogP contribution is -2.18. The van der Waals surface area contributed by atoms with Gasteiger partial charge < -0.3 is 10.2 Å². The van der Waals surface area contributed by atoms with Gasteiger partial charge in [-0.2, -0.15) is 5.10 Å². The second-order valence-electron chi connectivity index (χ2n) is 2.62. The van der Waals surface area contributed by atoms with Gasteiger partial charge in [0.25, 0.3) is 5.91 Å². The van der Waals surface area contributed by atoms with Gasteiger partial charge in [-0.1, -0.05) is 13.8 Å². The molecule has 0 heterocycles. The molecule has 0 spiro atoms. The average Bonchev–Trinajstić information content (AvgIpc) is 2.35. The lowest BCUT2D eigenvalue weighted by Gasteiger charge is -2.04. The zero-order chi connectivity index (χ0) is 13.4. The minimum Gasteiger partial charge on any atom is -0.504 e. The predicted molar refractivity (Wildman–Crippen MR) is 62.7 cm³/mol. The fourth-order valence-electron chi connectivity index (χ4n) is 0.913. The Balaban J connectivity index is 0.00000121. The van der Waals surface area contributed by atoms with Gasteiger partial charge in [-0.05, 0) is 19.1 Å². The van der Waals surface area contributed by atoms with Crippen molar-refractivity contribution in [2.24, 2.45) is 5.10 Å². The summed E-state index contributed by atoms with van der Waals surface area (Å²) in [6, 6.07) is 2.06. The predicted octanol–water partition coefficient (Wildman–Crippen LogP) is 2.00. The van der Waals surface area contributed by atoms with Crippen LogP contribution >= 0.6 is 0 Å². The minimum absolute atomic E-state index is 0.393. The van der Waals surface area contributed by atoms with Crippen LogP contribution in [0.5, 0.6) is 11.5 Å². The van der Waals surface area contributed by atoms with E-state index >= 15 is 0 Å². The summed E-state index contributed by atoms with van der Waals surface area (Å²) < 4.78 is 13.2. The van der Waals surface area contributed by atoms with Crippen LogP contribution in [-0.2, 0) is 0 Å². The van der Waals surface area contributed by atoms with Gasteiger partial charge in [0.05, 0.1) is 5.56 Å². The van der Waals surface area contributed by atoms with Gasteiger partial charge in [0.15, 0.2) is 17.3 Å². The average molecular weight is 242 g/mol. The third-order valence-electron chi connectivity index (χ3n) is 1.63. The molecule has 1 rings (SSSR count). The van der Waals surface area contributed by atoms with Crippen molar-refractivity contribution in [1.29, 1.82) is 0 Å². The molecule has 0 aliphatic heterocycles. The number of hydrogen-bond acceptors (Lipinski definition) is 4. The van der Waals surface area contributed by atoms with Gasteiger partial charge >= 0.3 is 0 Å². The molecule has 1 amide bonds. The Morgan fingerprint density at radius 2 is 2.00 bits per heavy atom. The molecule has 3 N–H and O–H groups in total. The number of nitrogens with one attached hydrogen (secondary N) is 1. The molecule has 94 valence electrons. The van der Waals surface area contributed by atoms with Gasteiger partial charge in [0.2, 0.25) is 0 Å². The van der Waals surface area contributed by atoms with Gasteiger partial charge in [-0.25, -0.2) is 9.82 Å². The van der Waals surface area contributed by atoms with Crippen LogP contribution in [0.1, 0.15) is 31.1 Å². The van der Waals surface area contributed by atoms with E-state index in [0.29, 0.717) is 0 Å². The number of nitrogens with zero attached hydrogens (tertiary/aromatic N) is 1. The standard InChI is InChI=1S/C9H9FN2O3.C2H6/c1-2-11-12-9(15)5-3-4-6(13)8(14)7(5)10;1-2/h2-4,13-14H,1H3,(H,12,15);1-2H3/b11-2+;. The highest BCUT2D eigenvalue weighted by Gasteiger charge is 2.17. The molecule has 0 atom stereocenters. The fourth-order valence-corrected chi connectivity index (χ4v) is 0.913. The first-order valence-electron chi connectivity index (χ1n) is 5.06. The van der Waals surface area contributed by atoms with Crippen LogP contribution < -0.4 is 5.43 Å². The summed E-state index contributed by atoms with van der Waals surface area (Å²) in [5, 5.41) is 21.4. The number of aromatic hydroxyl groups is 2. The SMILES string of the molecule is C/C=N/NC(=O)c1ccc(O)c(O)c1F.CC. The molecule has 0 aliphatic rings. The van der Waals surface area contributed by atoms with Crippen LogP contribution in [-0.4, -0.2) is 22.3 Å². The molecule has 1 aromatic carbocycles. The van der Waals surface area contributed by atoms with Crippen molar-refractivity contribution in [3.05, 3.63) is 23.5 Å². The number of benzene rings is 1. The molecule has 0 unspecified atom stereocenters. The Kier molecular flexibility index (Phi) is 6.32. The van der Waals surface area contributed by atoms with Crippen LogP contribution in [0, 0.1) is 5.82 Å². The maximum Gasteiger partial charge on any atom is 0.274 e. The van der Waals surface area contributed by atoms with Crippen molar-refractivity contribution in [2.45, 2.75) is 20.8 Å². The molecule has 6 heteroatoms. The number of halogens is 1. The molecule has 17 heavy (non-hydrogen) atoms. The molecule has 0 radical (unpaired) electrons. The zero-order valence-electron chi connectivity index (χ0n) is 9.86. The van der Waals surface area contributed by atoms with E-state index in [-0.39, 0.29) is 0 Å². The number of phenols is 2. The summed E-state index contributed by atoms with van der Waals surface area (Å²) in [6.07, 6.45) is 1.32. The second-order valence-corrected chi connectivity index (χ2v) is 2.62. The highest BCUT2D eigenvalue weighted by molar-refractivity contribution is 5.95. The number of carbonyl (C=O) groups excluding carboxylic acids is 1. The van der Waals surface area contributed by atoms with E-state index in [1.165, 1.54) is 6.21 Å². The third kappa shape index (κ3) is 3.75. The maximum absolute atomic E-state index is 13.2. The van der Waals surface area contributed by atoms with Crippen molar-refractivity contribution in [1.82, 2.24) is 5.43 Å². The van der Waals surface area contributed by atoms with Crippen molar-refractivity contribution in [3.63, 3.8) is 0 Å². The van der Waals surface area contributed by atoms with Crippen LogP contribution in [0.4, 0.5) is 4.39 Å². The molecule has 0 aliphatic carbocycles. The quantitative estimate of drug-likeness (QED) is 0.421. The smallest absolute Gasteiger partial charge is 0.274 e. The summed E-state index contributed by atoms with van der Waals surface area (Å²) in [5.41, 5.74) is 1.64. The largest absolute Gasteiger partial charge is 0.504 e. The molecule has 0 aromatic heterocycles. The molecule has 0 fully saturated rings. The first-order chi connectivity index (χ1) is 8.07. The maximum atomic E-state index is 13.2. The zero-order valence-corrected chi connectivity index (χ0v) is 9.86. The Hall–Kier alpha value is -2.11. The number of amides is 1. The van der Waals surface area contributed by atoms with Gasteiger partial charge in [-0.15, -0.1) is 0 Å². The molecular weight excluding hydrogens is 227 g/mol. The number of hydrogen-bond donors (Lipinski definition) is 3. The lowest BCUT2D eigenvalue weighted by atomic mass is 10.2. The Bertz CT molecular complexity index is 419. The van der Waals surface area contributed by atoms with E-state index in [4.69, 9.17) is 10.2 Å². The van der Waals surface area contributed by atoms with E-state index in [9.17, 15) is 9.18 Å². The number of hydrazone groups is 1. The Morgan fingerprint density at radius 1 is 1.41 bits per heavy atom. The first-order valence-corrected chi connectivity index (χ1v) is 5.06. The first kappa shape index (κ1) is 14.9. The molecular formula is C11H15FN2O3. The highest BCUT2D eigenvalue weighted by atomic mass is 19.1. The third-order valence-corrected chi connectivity index (χ3v) is 1.63. The van der Waals surface area contributed by atoms with Crippen molar-refractivity contribution < 1.29 is 19.4 Å². The summed E-state index contributed by atoms with van der Waals surface area (Å²) in [4.78, 5) is 11.2. The normalized spacial score (nSPS) is 9.65. The number of carbonyl (C=O) groups is 1. The lowest BCUT2D eigenvalue weighted by molar-refractivity contribution is 0.0950. The number of rotatable bonds is 2. The van der Waals surface area contributed by atoms with E-state index < -0.39 is 28.8 Å². The van der Waals surface area contributed by atoms with Crippen LogP contribution in [0.25, 0.3) is 0 Å². The minimum atomic E-state index is -1.18. The molecule has 0 saturated heterocycles. The van der Waals surface area contributed by atoms with E-state index in [0.717, 1.165) is 12.1 Å². The van der Waals surface area contributed by atoms with Crippen molar-refractivity contribution >= 4 is 12.1 Å². The van der Waals surface area contributed by atoms with Crippen LogP contribution in [0.15, 0.2) is 17.2 Å². The van der Waals surface area contributed by atoms with E-state index in [1.54, 1.807) is 6.92 Å². The highest BCUT2D eigenvalue weighted by Crippen LogP contribution is 2.29.